The third kappa shape index (κ3) is 3.51. The van der Waals surface area contributed by atoms with Gasteiger partial charge in [0.1, 0.15) is 0 Å². The Morgan fingerprint density at radius 2 is 1.81 bits per heavy atom. The topological polar surface area (TPSA) is 77.3 Å². The third-order valence-corrected chi connectivity index (χ3v) is 3.54. The maximum atomic E-state index is 15.3. The summed E-state index contributed by atoms with van der Waals surface area (Å²) in [5, 5.41) is 10.8. The minimum absolute atomic E-state index is 0.0317. The molecule has 0 amide bonds. The maximum absolute atomic E-state index is 15.3. The number of Topliss-reactive ketones (excluding diaryl/α,β-unsaturated/α-hetero) is 2. The Bertz CT molecular complexity index is 544. The van der Waals surface area contributed by atoms with Crippen LogP contribution in [0.1, 0.15) is 31.1 Å². The molecule has 1 aromatic carbocycles. The Morgan fingerprint density at radius 3 is 2.19 bits per heavy atom. The van der Waals surface area contributed by atoms with Crippen molar-refractivity contribution in [1.82, 2.24) is 0 Å². The molecular formula is C15H18FNO4. The van der Waals surface area contributed by atoms with Crippen molar-refractivity contribution in [3.05, 3.63) is 46.0 Å². The first-order valence-electron chi connectivity index (χ1n) is 6.62. The van der Waals surface area contributed by atoms with E-state index in [1.54, 1.807) is 32.0 Å². The van der Waals surface area contributed by atoms with Gasteiger partial charge in [0.25, 0.3) is 0 Å². The van der Waals surface area contributed by atoms with Crippen molar-refractivity contribution in [1.29, 1.82) is 0 Å². The summed E-state index contributed by atoms with van der Waals surface area (Å²) in [5.74, 6) is -3.86. The fourth-order valence-corrected chi connectivity index (χ4v) is 2.35. The van der Waals surface area contributed by atoms with E-state index in [0.29, 0.717) is 0 Å². The van der Waals surface area contributed by atoms with Gasteiger partial charge in [-0.1, -0.05) is 44.2 Å². The van der Waals surface area contributed by atoms with E-state index in [9.17, 15) is 19.7 Å². The lowest BCUT2D eigenvalue weighted by Crippen LogP contribution is -2.52. The zero-order valence-corrected chi connectivity index (χ0v) is 12.2. The van der Waals surface area contributed by atoms with Crippen LogP contribution in [-0.4, -0.2) is 28.7 Å². The van der Waals surface area contributed by atoms with Gasteiger partial charge in [-0.25, -0.2) is 4.39 Å². The summed E-state index contributed by atoms with van der Waals surface area (Å²) in [4.78, 5) is 34.3. The predicted molar refractivity (Wildman–Crippen MR) is 75.5 cm³/mol. The minimum atomic E-state index is -2.89. The van der Waals surface area contributed by atoms with Gasteiger partial charge in [0, 0.05) is 10.5 Å². The van der Waals surface area contributed by atoms with Crippen LogP contribution in [0.2, 0.25) is 0 Å². The lowest BCUT2D eigenvalue weighted by molar-refractivity contribution is -0.492. The molecule has 0 fully saturated rings. The Morgan fingerprint density at radius 1 is 1.29 bits per heavy atom. The highest BCUT2D eigenvalue weighted by Crippen LogP contribution is 2.33. The van der Waals surface area contributed by atoms with Gasteiger partial charge in [-0.2, -0.15) is 0 Å². The summed E-state index contributed by atoms with van der Waals surface area (Å²) >= 11 is 0. The first-order chi connectivity index (χ1) is 9.71. The zero-order valence-electron chi connectivity index (χ0n) is 12.2. The molecule has 0 aliphatic heterocycles. The van der Waals surface area contributed by atoms with Crippen LogP contribution in [0.4, 0.5) is 4.39 Å². The van der Waals surface area contributed by atoms with Crippen LogP contribution < -0.4 is 0 Å². The van der Waals surface area contributed by atoms with Crippen LogP contribution in [-0.2, 0) is 4.79 Å². The Balaban J connectivity index is 3.32. The third-order valence-electron chi connectivity index (χ3n) is 3.54. The molecule has 0 aliphatic carbocycles. The molecule has 1 rings (SSSR count). The molecule has 0 bridgehead atoms. The van der Waals surface area contributed by atoms with Crippen LogP contribution in [0.5, 0.6) is 0 Å². The molecule has 1 aromatic rings. The van der Waals surface area contributed by atoms with Gasteiger partial charge in [-0.05, 0) is 12.8 Å². The van der Waals surface area contributed by atoms with Crippen LogP contribution in [0, 0.1) is 22.0 Å². The summed E-state index contributed by atoms with van der Waals surface area (Å²) in [5.41, 5.74) is -2.85. The molecule has 21 heavy (non-hydrogen) atoms. The average molecular weight is 295 g/mol. The smallest absolute Gasteiger partial charge is 0.239 e. The number of nitro groups is 1. The van der Waals surface area contributed by atoms with E-state index in [0.717, 1.165) is 6.92 Å². The monoisotopic (exact) mass is 295 g/mol. The summed E-state index contributed by atoms with van der Waals surface area (Å²) in [6.45, 7) is 3.30. The van der Waals surface area contributed by atoms with Crippen molar-refractivity contribution in [2.45, 2.75) is 26.4 Å². The van der Waals surface area contributed by atoms with Gasteiger partial charge in [0.2, 0.25) is 18.0 Å². The van der Waals surface area contributed by atoms with E-state index < -0.39 is 40.5 Å². The predicted octanol–water partition coefficient (Wildman–Crippen LogP) is 2.72. The number of ketones is 2. The van der Waals surface area contributed by atoms with Gasteiger partial charge in [0.15, 0.2) is 5.78 Å². The molecule has 0 radical (unpaired) electrons. The highest BCUT2D eigenvalue weighted by molar-refractivity contribution is 6.17. The number of alkyl halides is 1. The largest absolute Gasteiger partial charge is 0.296 e. The molecule has 0 aromatic heterocycles. The fourth-order valence-electron chi connectivity index (χ4n) is 2.35. The molecule has 6 heteroatoms. The summed E-state index contributed by atoms with van der Waals surface area (Å²) in [6, 6.07) is 7.53. The SMILES string of the molecule is CC(=O)[C@](F)(C(=O)c1ccccc1)[C@@H](C[N+](=O)[O-])C(C)C. The molecule has 0 saturated carbocycles. The number of carbonyl (C=O) groups excluding carboxylic acids is 2. The molecule has 0 spiro atoms. The normalized spacial score (nSPS) is 15.3. The average Bonchev–Trinajstić information content (AvgIpc) is 2.43. The molecule has 0 heterocycles. The van der Waals surface area contributed by atoms with Gasteiger partial charge >= 0.3 is 0 Å². The van der Waals surface area contributed by atoms with E-state index in [-0.39, 0.29) is 5.56 Å². The van der Waals surface area contributed by atoms with E-state index in [1.807, 2.05) is 0 Å². The molecule has 0 aliphatic rings. The number of hydrogen-bond acceptors (Lipinski definition) is 4. The molecule has 5 nitrogen and oxygen atoms in total. The minimum Gasteiger partial charge on any atom is -0.296 e. The second kappa shape index (κ2) is 6.56. The molecule has 0 N–H and O–H groups in total. The second-order valence-electron chi connectivity index (χ2n) is 5.33. The van der Waals surface area contributed by atoms with Crippen LogP contribution >= 0.6 is 0 Å². The molecular weight excluding hydrogens is 277 g/mol. The highest BCUT2D eigenvalue weighted by Gasteiger charge is 2.54. The van der Waals surface area contributed by atoms with Gasteiger partial charge in [-0.3, -0.25) is 19.7 Å². The first kappa shape index (κ1) is 16.9. The maximum Gasteiger partial charge on any atom is 0.239 e. The van der Waals surface area contributed by atoms with Crippen LogP contribution in [0.3, 0.4) is 0 Å². The number of rotatable bonds is 7. The summed E-state index contributed by atoms with van der Waals surface area (Å²) in [6.07, 6.45) is 0. The quantitative estimate of drug-likeness (QED) is 0.335. The molecule has 0 unspecified atom stereocenters. The summed E-state index contributed by atoms with van der Waals surface area (Å²) < 4.78 is 15.3. The molecule has 114 valence electrons. The lowest BCUT2D eigenvalue weighted by Gasteiger charge is -2.30. The fraction of sp³-hybridized carbons (Fsp3) is 0.467. The van der Waals surface area contributed by atoms with Crippen molar-refractivity contribution in [3.8, 4) is 0 Å². The van der Waals surface area contributed by atoms with Crippen LogP contribution in [0.15, 0.2) is 30.3 Å². The van der Waals surface area contributed by atoms with Gasteiger partial charge < -0.3 is 0 Å². The number of carbonyl (C=O) groups is 2. The van der Waals surface area contributed by atoms with E-state index in [4.69, 9.17) is 0 Å². The highest BCUT2D eigenvalue weighted by atomic mass is 19.1. The Labute approximate surface area is 122 Å². The molecule has 0 saturated heterocycles. The second-order valence-corrected chi connectivity index (χ2v) is 5.33. The zero-order chi connectivity index (χ0) is 16.2. The van der Waals surface area contributed by atoms with Gasteiger partial charge in [0.05, 0.1) is 5.92 Å². The van der Waals surface area contributed by atoms with E-state index >= 15 is 4.39 Å². The van der Waals surface area contributed by atoms with Crippen LogP contribution in [0.25, 0.3) is 0 Å². The van der Waals surface area contributed by atoms with Crippen molar-refractivity contribution in [3.63, 3.8) is 0 Å². The molecule has 2 atom stereocenters. The van der Waals surface area contributed by atoms with Crippen molar-refractivity contribution in [2.24, 2.45) is 11.8 Å². The Kier molecular flexibility index (Phi) is 5.29. The number of halogens is 1. The first-order valence-corrected chi connectivity index (χ1v) is 6.62. The Hall–Kier alpha value is -2.11. The van der Waals surface area contributed by atoms with Crippen molar-refractivity contribution >= 4 is 11.6 Å². The van der Waals surface area contributed by atoms with Crippen molar-refractivity contribution in [2.75, 3.05) is 6.54 Å². The standard InChI is InChI=1S/C15H18FNO4/c1-10(2)13(9-17(20)21)15(16,11(3)18)14(19)12-7-5-4-6-8-12/h4-8,10,13H,9H2,1-3H3/t13-,15+/m0/s1. The van der Waals surface area contributed by atoms with Crippen molar-refractivity contribution < 1.29 is 18.9 Å². The van der Waals surface area contributed by atoms with E-state index in [1.165, 1.54) is 12.1 Å². The van der Waals surface area contributed by atoms with Gasteiger partial charge in [-0.15, -0.1) is 0 Å². The number of nitrogens with zero attached hydrogens (tertiary/aromatic N) is 1. The summed E-state index contributed by atoms with van der Waals surface area (Å²) in [7, 11) is 0. The number of hydrogen-bond donors (Lipinski definition) is 0. The van der Waals surface area contributed by atoms with E-state index in [2.05, 4.69) is 0 Å². The lowest BCUT2D eigenvalue weighted by atomic mass is 9.74. The number of benzene rings is 1.